The van der Waals surface area contributed by atoms with Gasteiger partial charge >= 0.3 is 11.9 Å². The molecule has 0 aromatic heterocycles. The summed E-state index contributed by atoms with van der Waals surface area (Å²) in [7, 11) is 0. The standard InChI is InChI=1S/C14H15NO7/c1-3-21-13(17)11(14(18)22-4-2)12(16)9-6-5-7-10(8-9)15(19)20/h5-8,11H,3-4H2,1-2H3. The van der Waals surface area contributed by atoms with Crippen molar-refractivity contribution >= 4 is 23.4 Å². The summed E-state index contributed by atoms with van der Waals surface area (Å²) in [5.74, 6) is -4.78. The predicted molar refractivity (Wildman–Crippen MR) is 74.2 cm³/mol. The number of ketones is 1. The first-order chi connectivity index (χ1) is 10.4. The monoisotopic (exact) mass is 309 g/mol. The number of hydrogen-bond donors (Lipinski definition) is 0. The van der Waals surface area contributed by atoms with Gasteiger partial charge in [-0.1, -0.05) is 12.1 Å². The molecule has 118 valence electrons. The summed E-state index contributed by atoms with van der Waals surface area (Å²) in [5.41, 5.74) is -0.461. The lowest BCUT2D eigenvalue weighted by molar-refractivity contribution is -0.384. The minimum atomic E-state index is -1.79. The molecule has 8 heteroatoms. The van der Waals surface area contributed by atoms with Crippen LogP contribution in [0.4, 0.5) is 5.69 Å². The number of ether oxygens (including phenoxy) is 2. The van der Waals surface area contributed by atoms with Crippen molar-refractivity contribution in [1.82, 2.24) is 0 Å². The molecule has 8 nitrogen and oxygen atoms in total. The highest BCUT2D eigenvalue weighted by Gasteiger charge is 2.37. The van der Waals surface area contributed by atoms with Crippen molar-refractivity contribution in [3.05, 3.63) is 39.9 Å². The zero-order chi connectivity index (χ0) is 16.7. The van der Waals surface area contributed by atoms with Gasteiger partial charge < -0.3 is 9.47 Å². The zero-order valence-corrected chi connectivity index (χ0v) is 12.1. The molecule has 1 aromatic rings. The molecule has 0 N–H and O–H groups in total. The van der Waals surface area contributed by atoms with Crippen LogP contribution >= 0.6 is 0 Å². The van der Waals surface area contributed by atoms with Crippen molar-refractivity contribution in [3.63, 3.8) is 0 Å². The van der Waals surface area contributed by atoms with E-state index in [0.29, 0.717) is 0 Å². The number of benzene rings is 1. The van der Waals surface area contributed by atoms with Crippen LogP contribution in [0.15, 0.2) is 24.3 Å². The van der Waals surface area contributed by atoms with Crippen molar-refractivity contribution in [1.29, 1.82) is 0 Å². The Morgan fingerprint density at radius 1 is 1.14 bits per heavy atom. The van der Waals surface area contributed by atoms with E-state index in [-0.39, 0.29) is 24.5 Å². The van der Waals surface area contributed by atoms with Crippen LogP contribution in [-0.2, 0) is 19.1 Å². The molecule has 0 unspecified atom stereocenters. The van der Waals surface area contributed by atoms with E-state index in [0.717, 1.165) is 6.07 Å². The summed E-state index contributed by atoms with van der Waals surface area (Å²) in [6.45, 7) is 3.02. The molecule has 22 heavy (non-hydrogen) atoms. The Kier molecular flexibility index (Phi) is 6.18. The summed E-state index contributed by atoms with van der Waals surface area (Å²) >= 11 is 0. The van der Waals surface area contributed by atoms with Gasteiger partial charge in [0.25, 0.3) is 5.69 Å². The van der Waals surface area contributed by atoms with E-state index in [1.807, 2.05) is 0 Å². The Morgan fingerprint density at radius 3 is 2.14 bits per heavy atom. The van der Waals surface area contributed by atoms with Crippen molar-refractivity contribution in [2.45, 2.75) is 13.8 Å². The number of esters is 2. The van der Waals surface area contributed by atoms with Crippen LogP contribution < -0.4 is 0 Å². The topological polar surface area (TPSA) is 113 Å². The third kappa shape index (κ3) is 4.11. The molecule has 0 saturated heterocycles. The fourth-order valence-corrected chi connectivity index (χ4v) is 1.70. The van der Waals surface area contributed by atoms with Crippen molar-refractivity contribution < 1.29 is 28.8 Å². The Bertz CT molecular complexity index is 579. The van der Waals surface area contributed by atoms with E-state index in [2.05, 4.69) is 0 Å². The molecule has 1 rings (SSSR count). The molecule has 0 radical (unpaired) electrons. The molecule has 0 heterocycles. The first-order valence-electron chi connectivity index (χ1n) is 6.54. The van der Waals surface area contributed by atoms with Crippen molar-refractivity contribution in [2.24, 2.45) is 5.92 Å². The molecule has 0 aliphatic heterocycles. The number of nitro benzene ring substituents is 1. The van der Waals surface area contributed by atoms with Gasteiger partial charge in [0, 0.05) is 17.7 Å². The normalized spacial score (nSPS) is 10.1. The van der Waals surface area contributed by atoms with Gasteiger partial charge in [0.1, 0.15) is 0 Å². The molecule has 0 amide bonds. The van der Waals surface area contributed by atoms with E-state index in [9.17, 15) is 24.5 Å². The molecular weight excluding hydrogens is 294 g/mol. The number of rotatable bonds is 7. The smallest absolute Gasteiger partial charge is 0.328 e. The maximum atomic E-state index is 12.3. The van der Waals surface area contributed by atoms with Gasteiger partial charge in [-0.2, -0.15) is 0 Å². The highest BCUT2D eigenvalue weighted by atomic mass is 16.6. The fraction of sp³-hybridized carbons (Fsp3) is 0.357. The van der Waals surface area contributed by atoms with Gasteiger partial charge in [-0.05, 0) is 13.8 Å². The van der Waals surface area contributed by atoms with Gasteiger partial charge in [-0.3, -0.25) is 24.5 Å². The number of carbonyl (C=O) groups is 3. The molecule has 0 spiro atoms. The largest absolute Gasteiger partial charge is 0.465 e. The van der Waals surface area contributed by atoms with Crippen LogP contribution in [0, 0.1) is 16.0 Å². The second-order valence-electron chi connectivity index (χ2n) is 4.11. The maximum absolute atomic E-state index is 12.3. The van der Waals surface area contributed by atoms with Crippen LogP contribution in [0.3, 0.4) is 0 Å². The summed E-state index contributed by atoms with van der Waals surface area (Å²) in [6, 6.07) is 4.76. The minimum absolute atomic E-state index is 0.0169. The Morgan fingerprint density at radius 2 is 1.68 bits per heavy atom. The zero-order valence-electron chi connectivity index (χ0n) is 12.1. The minimum Gasteiger partial charge on any atom is -0.465 e. The molecule has 0 bridgehead atoms. The van der Waals surface area contributed by atoms with Crippen LogP contribution in [0.1, 0.15) is 24.2 Å². The molecular formula is C14H15NO7. The van der Waals surface area contributed by atoms with Crippen LogP contribution in [0.25, 0.3) is 0 Å². The Balaban J connectivity index is 3.15. The number of nitro groups is 1. The summed E-state index contributed by atoms with van der Waals surface area (Å²) in [4.78, 5) is 46.0. The molecule has 0 fully saturated rings. The third-order valence-corrected chi connectivity index (χ3v) is 2.65. The van der Waals surface area contributed by atoms with Crippen molar-refractivity contribution in [2.75, 3.05) is 13.2 Å². The molecule has 0 aliphatic rings. The highest BCUT2D eigenvalue weighted by Crippen LogP contribution is 2.18. The number of Topliss-reactive ketones (excluding diaryl/α,β-unsaturated/α-hetero) is 1. The lowest BCUT2D eigenvalue weighted by Gasteiger charge is -2.13. The highest BCUT2D eigenvalue weighted by molar-refractivity contribution is 6.20. The lowest BCUT2D eigenvalue weighted by atomic mass is 9.97. The Labute approximate surface area is 126 Å². The number of carbonyl (C=O) groups excluding carboxylic acids is 3. The van der Waals surface area contributed by atoms with Crippen LogP contribution in [0.2, 0.25) is 0 Å². The molecule has 0 atom stereocenters. The quantitative estimate of drug-likeness (QED) is 0.247. The van der Waals surface area contributed by atoms with Gasteiger partial charge in [0.15, 0.2) is 5.78 Å². The first kappa shape index (κ1) is 17.3. The summed E-state index contributed by atoms with van der Waals surface area (Å²) in [6.07, 6.45) is 0. The van der Waals surface area contributed by atoms with Crippen LogP contribution in [0.5, 0.6) is 0 Å². The second-order valence-corrected chi connectivity index (χ2v) is 4.11. The van der Waals surface area contributed by atoms with Gasteiger partial charge in [0.2, 0.25) is 5.92 Å². The van der Waals surface area contributed by atoms with Crippen molar-refractivity contribution in [3.8, 4) is 0 Å². The lowest BCUT2D eigenvalue weighted by Crippen LogP contribution is -2.35. The van der Waals surface area contributed by atoms with Gasteiger partial charge in [-0.15, -0.1) is 0 Å². The second kappa shape index (κ2) is 7.87. The summed E-state index contributed by atoms with van der Waals surface area (Å²) in [5, 5.41) is 10.7. The number of nitrogens with zero attached hydrogens (tertiary/aromatic N) is 1. The van der Waals surface area contributed by atoms with E-state index < -0.39 is 28.6 Å². The Hall–Kier alpha value is -2.77. The van der Waals surface area contributed by atoms with E-state index in [1.165, 1.54) is 32.0 Å². The van der Waals surface area contributed by atoms with E-state index in [1.54, 1.807) is 0 Å². The summed E-state index contributed by atoms with van der Waals surface area (Å²) < 4.78 is 9.39. The van der Waals surface area contributed by atoms with E-state index >= 15 is 0 Å². The predicted octanol–water partition coefficient (Wildman–Crippen LogP) is 1.52. The number of hydrogen-bond acceptors (Lipinski definition) is 7. The maximum Gasteiger partial charge on any atom is 0.328 e. The SMILES string of the molecule is CCOC(=O)C(C(=O)OCC)C(=O)c1cccc([N+](=O)[O-])c1. The van der Waals surface area contributed by atoms with Gasteiger partial charge in [0.05, 0.1) is 18.1 Å². The van der Waals surface area contributed by atoms with E-state index in [4.69, 9.17) is 9.47 Å². The molecule has 0 saturated carbocycles. The molecule has 1 aromatic carbocycles. The average molecular weight is 309 g/mol. The fourth-order valence-electron chi connectivity index (χ4n) is 1.70. The van der Waals surface area contributed by atoms with Crippen LogP contribution in [-0.4, -0.2) is 35.9 Å². The first-order valence-corrected chi connectivity index (χ1v) is 6.54. The molecule has 0 aliphatic carbocycles. The average Bonchev–Trinajstić information content (AvgIpc) is 2.48. The number of non-ortho nitro benzene ring substituents is 1. The third-order valence-electron chi connectivity index (χ3n) is 2.65. The van der Waals surface area contributed by atoms with Gasteiger partial charge in [-0.25, -0.2) is 0 Å².